The Bertz CT molecular complexity index is 689. The topological polar surface area (TPSA) is 66.8 Å². The van der Waals surface area contributed by atoms with E-state index in [4.69, 9.17) is 9.79 Å². The largest absolute Gasteiger partial charge is 0.469 e. The fraction of sp³-hybridized carbons (Fsp3) is 0.478. The average molecular weight is 404 g/mol. The lowest BCUT2D eigenvalue weighted by Gasteiger charge is -2.19. The minimum Gasteiger partial charge on any atom is -0.303 e. The van der Waals surface area contributed by atoms with Crippen molar-refractivity contribution in [3.63, 3.8) is 0 Å². The molecule has 0 aliphatic carbocycles. The van der Waals surface area contributed by atoms with Gasteiger partial charge in [0.2, 0.25) is 0 Å². The predicted octanol–water partition coefficient (Wildman–Crippen LogP) is 6.28. The third kappa shape index (κ3) is 8.70. The van der Waals surface area contributed by atoms with E-state index < -0.39 is 7.82 Å². The highest BCUT2D eigenvalue weighted by Gasteiger charge is 2.14. The molecule has 2 N–H and O–H groups in total. The van der Waals surface area contributed by atoms with Crippen molar-refractivity contribution in [2.75, 3.05) is 6.61 Å². The molecular formula is C23H33O4P. The van der Waals surface area contributed by atoms with Gasteiger partial charge in [0.1, 0.15) is 0 Å². The molecule has 0 spiro atoms. The lowest BCUT2D eigenvalue weighted by molar-refractivity contribution is 0.193. The number of hydrogen-bond donors (Lipinski definition) is 2. The Hall–Kier alpha value is -1.45. The van der Waals surface area contributed by atoms with Gasteiger partial charge in [-0.3, -0.25) is 4.52 Å². The molecular weight excluding hydrogens is 371 g/mol. The molecule has 28 heavy (non-hydrogen) atoms. The molecule has 0 fully saturated rings. The molecule has 0 amide bonds. The first kappa shape index (κ1) is 22.8. The summed E-state index contributed by atoms with van der Waals surface area (Å²) in [5, 5.41) is 0. The standard InChI is InChI=1S/C23H33O4P/c1-19-10-14-21(15-11-19)23(22-16-12-20(2)13-17-22)9-7-5-3-4-6-8-18-27-28(24,25)26/h10-17,23H,3-9,18H2,1-2H3,(H2,24,25,26). The van der Waals surface area contributed by atoms with Gasteiger partial charge in [-0.05, 0) is 37.8 Å². The molecule has 0 saturated carbocycles. The Kier molecular flexibility index (Phi) is 9.40. The van der Waals surface area contributed by atoms with E-state index in [0.717, 1.165) is 25.7 Å². The van der Waals surface area contributed by atoms with Gasteiger partial charge < -0.3 is 9.79 Å². The quantitative estimate of drug-likeness (QED) is 0.323. The van der Waals surface area contributed by atoms with Crippen LogP contribution in [0.3, 0.4) is 0 Å². The van der Waals surface area contributed by atoms with Crippen molar-refractivity contribution >= 4 is 7.82 Å². The summed E-state index contributed by atoms with van der Waals surface area (Å²) in [5.74, 6) is 0.429. The molecule has 0 bridgehead atoms. The maximum absolute atomic E-state index is 10.6. The van der Waals surface area contributed by atoms with Crippen LogP contribution in [0.4, 0.5) is 0 Å². The van der Waals surface area contributed by atoms with Crippen LogP contribution in [0.15, 0.2) is 48.5 Å². The lowest BCUT2D eigenvalue weighted by atomic mass is 9.86. The first-order valence-corrected chi connectivity index (χ1v) is 11.7. The summed E-state index contributed by atoms with van der Waals surface area (Å²) in [6, 6.07) is 17.8. The van der Waals surface area contributed by atoms with Gasteiger partial charge in [-0.25, -0.2) is 4.57 Å². The van der Waals surface area contributed by atoms with Crippen molar-refractivity contribution < 1.29 is 18.9 Å². The number of rotatable bonds is 12. The number of phosphoric ester groups is 1. The summed E-state index contributed by atoms with van der Waals surface area (Å²) in [4.78, 5) is 17.3. The van der Waals surface area contributed by atoms with Crippen LogP contribution in [-0.4, -0.2) is 16.4 Å². The van der Waals surface area contributed by atoms with E-state index in [-0.39, 0.29) is 6.61 Å². The van der Waals surface area contributed by atoms with E-state index in [2.05, 4.69) is 66.9 Å². The molecule has 154 valence electrons. The molecule has 0 heterocycles. The Labute approximate surface area is 169 Å². The zero-order valence-corrected chi connectivity index (χ0v) is 17.9. The second kappa shape index (κ2) is 11.5. The van der Waals surface area contributed by atoms with Gasteiger partial charge in [0.05, 0.1) is 6.61 Å². The number of phosphoric acid groups is 1. The van der Waals surface area contributed by atoms with E-state index in [9.17, 15) is 4.57 Å². The van der Waals surface area contributed by atoms with Crippen molar-refractivity contribution in [2.24, 2.45) is 0 Å². The van der Waals surface area contributed by atoms with Crippen LogP contribution in [0.1, 0.15) is 73.1 Å². The number of hydrogen-bond acceptors (Lipinski definition) is 2. The van der Waals surface area contributed by atoms with Gasteiger partial charge in [-0.15, -0.1) is 0 Å². The Morgan fingerprint density at radius 1 is 0.750 bits per heavy atom. The maximum atomic E-state index is 10.6. The highest BCUT2D eigenvalue weighted by Crippen LogP contribution is 2.36. The van der Waals surface area contributed by atoms with Gasteiger partial charge in [-0.2, -0.15) is 0 Å². The molecule has 0 atom stereocenters. The highest BCUT2D eigenvalue weighted by atomic mass is 31.2. The summed E-state index contributed by atoms with van der Waals surface area (Å²) < 4.78 is 15.1. The van der Waals surface area contributed by atoms with E-state index >= 15 is 0 Å². The summed E-state index contributed by atoms with van der Waals surface area (Å²) >= 11 is 0. The minimum absolute atomic E-state index is 0.132. The summed E-state index contributed by atoms with van der Waals surface area (Å²) in [5.41, 5.74) is 5.33. The van der Waals surface area contributed by atoms with Crippen LogP contribution in [0.2, 0.25) is 0 Å². The Balaban J connectivity index is 1.77. The predicted molar refractivity (Wildman–Crippen MR) is 115 cm³/mol. The monoisotopic (exact) mass is 404 g/mol. The van der Waals surface area contributed by atoms with Crippen molar-refractivity contribution in [3.8, 4) is 0 Å². The highest BCUT2D eigenvalue weighted by molar-refractivity contribution is 7.46. The van der Waals surface area contributed by atoms with Crippen LogP contribution in [0.5, 0.6) is 0 Å². The van der Waals surface area contributed by atoms with E-state index in [1.807, 2.05) is 0 Å². The molecule has 0 unspecified atom stereocenters. The summed E-state index contributed by atoms with van der Waals surface area (Å²) in [6.45, 7) is 4.37. The van der Waals surface area contributed by atoms with Crippen molar-refractivity contribution in [2.45, 2.75) is 64.7 Å². The second-order valence-corrected chi connectivity index (χ2v) is 8.85. The van der Waals surface area contributed by atoms with Crippen LogP contribution in [0, 0.1) is 13.8 Å². The molecule has 2 aromatic rings. The van der Waals surface area contributed by atoms with Gasteiger partial charge in [0, 0.05) is 5.92 Å². The van der Waals surface area contributed by atoms with Gasteiger partial charge in [0.25, 0.3) is 0 Å². The molecule has 5 heteroatoms. The molecule has 0 saturated heterocycles. The SMILES string of the molecule is Cc1ccc(C(CCCCCCCCOP(=O)(O)O)c2ccc(C)cc2)cc1. The summed E-state index contributed by atoms with van der Waals surface area (Å²) in [7, 11) is -4.31. The maximum Gasteiger partial charge on any atom is 0.469 e. The number of aryl methyl sites for hydroxylation is 2. The molecule has 2 rings (SSSR count). The number of benzene rings is 2. The van der Waals surface area contributed by atoms with Gasteiger partial charge in [-0.1, -0.05) is 91.8 Å². The van der Waals surface area contributed by atoms with Crippen LogP contribution < -0.4 is 0 Å². The first-order valence-electron chi connectivity index (χ1n) is 10.2. The second-order valence-electron chi connectivity index (χ2n) is 7.61. The van der Waals surface area contributed by atoms with Crippen molar-refractivity contribution in [3.05, 3.63) is 70.8 Å². The molecule has 0 aromatic heterocycles. The molecule has 0 aliphatic heterocycles. The molecule has 0 aliphatic rings. The molecule has 0 radical (unpaired) electrons. The van der Waals surface area contributed by atoms with E-state index in [1.165, 1.54) is 35.1 Å². The minimum atomic E-state index is -4.31. The van der Waals surface area contributed by atoms with Crippen molar-refractivity contribution in [1.29, 1.82) is 0 Å². The van der Waals surface area contributed by atoms with E-state index in [0.29, 0.717) is 12.3 Å². The smallest absolute Gasteiger partial charge is 0.303 e. The van der Waals surface area contributed by atoms with Gasteiger partial charge >= 0.3 is 7.82 Å². The van der Waals surface area contributed by atoms with Crippen LogP contribution in [0.25, 0.3) is 0 Å². The van der Waals surface area contributed by atoms with Crippen LogP contribution in [-0.2, 0) is 9.09 Å². The fourth-order valence-corrected chi connectivity index (χ4v) is 3.83. The third-order valence-corrected chi connectivity index (χ3v) is 5.62. The third-order valence-electron chi connectivity index (χ3n) is 5.11. The number of unbranched alkanes of at least 4 members (excludes halogenated alkanes) is 5. The first-order chi connectivity index (χ1) is 13.3. The average Bonchev–Trinajstić information content (AvgIpc) is 2.64. The van der Waals surface area contributed by atoms with Crippen LogP contribution >= 0.6 is 7.82 Å². The van der Waals surface area contributed by atoms with Crippen molar-refractivity contribution in [1.82, 2.24) is 0 Å². The molecule has 2 aromatic carbocycles. The summed E-state index contributed by atoms with van der Waals surface area (Å²) in [6.07, 6.45) is 7.33. The van der Waals surface area contributed by atoms with Gasteiger partial charge in [0.15, 0.2) is 0 Å². The van der Waals surface area contributed by atoms with E-state index in [1.54, 1.807) is 0 Å². The molecule has 4 nitrogen and oxygen atoms in total. The Morgan fingerprint density at radius 2 is 1.18 bits per heavy atom. The zero-order valence-electron chi connectivity index (χ0n) is 17.0. The zero-order chi connectivity index (χ0) is 20.4. The fourth-order valence-electron chi connectivity index (χ4n) is 3.46. The normalized spacial score (nSPS) is 11.9. The Morgan fingerprint density at radius 3 is 1.64 bits per heavy atom. The lowest BCUT2D eigenvalue weighted by Crippen LogP contribution is -2.02.